The standard InChI is InChI=1S/C18H18N6OS2/c1-25-11-4-5-13-14(9-11)27-18(23-13)24-17-15(19)16(21-10-22-17)20-7-6-12-3-2-8-26-12/h2-5,8-10H,6-7,19H2,1H3,(H2,20,21,22,23,24). The number of benzene rings is 1. The summed E-state index contributed by atoms with van der Waals surface area (Å²) < 4.78 is 6.29. The Morgan fingerprint density at radius 2 is 2.07 bits per heavy atom. The summed E-state index contributed by atoms with van der Waals surface area (Å²) in [5, 5.41) is 9.26. The third-order valence-electron chi connectivity index (χ3n) is 3.95. The van der Waals surface area contributed by atoms with Crippen molar-refractivity contribution in [2.45, 2.75) is 6.42 Å². The van der Waals surface area contributed by atoms with Gasteiger partial charge in [0.2, 0.25) is 0 Å². The number of thiazole rings is 1. The summed E-state index contributed by atoms with van der Waals surface area (Å²) in [6, 6.07) is 9.94. The molecular weight excluding hydrogens is 380 g/mol. The zero-order valence-electron chi connectivity index (χ0n) is 14.6. The van der Waals surface area contributed by atoms with Crippen LogP contribution in [-0.4, -0.2) is 28.6 Å². The molecule has 4 rings (SSSR count). The number of nitrogen functional groups attached to an aromatic ring is 1. The highest BCUT2D eigenvalue weighted by Gasteiger charge is 2.11. The van der Waals surface area contributed by atoms with Gasteiger partial charge >= 0.3 is 0 Å². The van der Waals surface area contributed by atoms with E-state index in [1.165, 1.54) is 22.5 Å². The molecular formula is C18H18N6OS2. The molecule has 4 aromatic rings. The minimum Gasteiger partial charge on any atom is -0.497 e. The van der Waals surface area contributed by atoms with E-state index in [1.807, 2.05) is 18.2 Å². The Kier molecular flexibility index (Phi) is 5.03. The number of anilines is 4. The van der Waals surface area contributed by atoms with Crippen LogP contribution in [0.2, 0.25) is 0 Å². The van der Waals surface area contributed by atoms with Gasteiger partial charge in [0.15, 0.2) is 16.8 Å². The predicted molar refractivity (Wildman–Crippen MR) is 112 cm³/mol. The van der Waals surface area contributed by atoms with E-state index >= 15 is 0 Å². The van der Waals surface area contributed by atoms with Crippen molar-refractivity contribution in [3.8, 4) is 5.75 Å². The zero-order valence-corrected chi connectivity index (χ0v) is 16.2. The fraction of sp³-hybridized carbons (Fsp3) is 0.167. The van der Waals surface area contributed by atoms with E-state index in [-0.39, 0.29) is 0 Å². The molecule has 4 N–H and O–H groups in total. The third-order valence-corrected chi connectivity index (χ3v) is 5.82. The molecule has 0 saturated heterocycles. The molecule has 0 spiro atoms. The van der Waals surface area contributed by atoms with E-state index in [4.69, 9.17) is 10.5 Å². The van der Waals surface area contributed by atoms with Gasteiger partial charge in [-0.2, -0.15) is 0 Å². The number of fused-ring (bicyclic) bond motifs is 1. The molecule has 9 heteroatoms. The number of ether oxygens (including phenoxy) is 1. The second kappa shape index (κ2) is 7.77. The van der Waals surface area contributed by atoms with Crippen molar-refractivity contribution in [3.05, 3.63) is 46.9 Å². The minimum atomic E-state index is 0.473. The van der Waals surface area contributed by atoms with Crippen LogP contribution in [-0.2, 0) is 6.42 Å². The fourth-order valence-corrected chi connectivity index (χ4v) is 4.18. The van der Waals surface area contributed by atoms with Gasteiger partial charge in [-0.05, 0) is 36.1 Å². The summed E-state index contributed by atoms with van der Waals surface area (Å²) in [4.78, 5) is 14.4. The van der Waals surface area contributed by atoms with Gasteiger partial charge in [-0.25, -0.2) is 15.0 Å². The summed E-state index contributed by atoms with van der Waals surface area (Å²) in [5.41, 5.74) is 7.61. The Bertz CT molecular complexity index is 1050. The molecule has 0 bridgehead atoms. The van der Waals surface area contributed by atoms with E-state index in [9.17, 15) is 0 Å². The lowest BCUT2D eigenvalue weighted by atomic mass is 10.3. The lowest BCUT2D eigenvalue weighted by Gasteiger charge is -2.10. The first-order valence-corrected chi connectivity index (χ1v) is 10.0. The number of nitrogens with one attached hydrogen (secondary N) is 2. The highest BCUT2D eigenvalue weighted by atomic mass is 32.1. The predicted octanol–water partition coefficient (Wildman–Crippen LogP) is 4.14. The van der Waals surface area contributed by atoms with Crippen molar-refractivity contribution in [3.63, 3.8) is 0 Å². The number of aromatic nitrogens is 3. The second-order valence-electron chi connectivity index (χ2n) is 5.72. The number of rotatable bonds is 7. The fourth-order valence-electron chi connectivity index (χ4n) is 2.58. The molecule has 0 aliphatic rings. The van der Waals surface area contributed by atoms with Crippen LogP contribution in [0.15, 0.2) is 42.0 Å². The van der Waals surface area contributed by atoms with Crippen LogP contribution in [0.4, 0.5) is 22.5 Å². The molecule has 0 fully saturated rings. The summed E-state index contributed by atoms with van der Waals surface area (Å²) in [6.45, 7) is 0.752. The van der Waals surface area contributed by atoms with E-state index in [2.05, 4.69) is 43.1 Å². The molecule has 0 aliphatic carbocycles. The van der Waals surface area contributed by atoms with Crippen LogP contribution in [0.1, 0.15) is 4.88 Å². The van der Waals surface area contributed by atoms with Crippen molar-refractivity contribution >= 4 is 55.3 Å². The third kappa shape index (κ3) is 3.93. The maximum atomic E-state index is 6.24. The minimum absolute atomic E-state index is 0.473. The van der Waals surface area contributed by atoms with E-state index in [0.29, 0.717) is 22.5 Å². The molecule has 3 aromatic heterocycles. The van der Waals surface area contributed by atoms with Gasteiger partial charge in [0.1, 0.15) is 17.8 Å². The van der Waals surface area contributed by atoms with Gasteiger partial charge in [0.25, 0.3) is 0 Å². The first-order valence-electron chi connectivity index (χ1n) is 8.31. The average Bonchev–Trinajstić information content (AvgIpc) is 3.33. The smallest absolute Gasteiger partial charge is 0.189 e. The quantitative estimate of drug-likeness (QED) is 0.430. The number of nitrogens with zero attached hydrogens (tertiary/aromatic N) is 3. The number of nitrogens with two attached hydrogens (primary N) is 1. The topological polar surface area (TPSA) is 98.0 Å². The zero-order chi connectivity index (χ0) is 18.6. The Balaban J connectivity index is 1.48. The second-order valence-corrected chi connectivity index (χ2v) is 7.78. The largest absolute Gasteiger partial charge is 0.497 e. The van der Waals surface area contributed by atoms with Gasteiger partial charge < -0.3 is 21.1 Å². The average molecular weight is 399 g/mol. The molecule has 3 heterocycles. The first kappa shape index (κ1) is 17.5. The Hall–Kier alpha value is -2.91. The molecule has 0 atom stereocenters. The number of thiophene rings is 1. The maximum absolute atomic E-state index is 6.24. The van der Waals surface area contributed by atoms with Crippen LogP contribution >= 0.6 is 22.7 Å². The normalized spacial score (nSPS) is 10.9. The van der Waals surface area contributed by atoms with Gasteiger partial charge in [-0.3, -0.25) is 0 Å². The summed E-state index contributed by atoms with van der Waals surface area (Å²) in [6.07, 6.45) is 2.41. The molecule has 0 saturated carbocycles. The molecule has 138 valence electrons. The molecule has 0 aliphatic heterocycles. The van der Waals surface area contributed by atoms with E-state index in [1.54, 1.807) is 18.4 Å². The molecule has 0 radical (unpaired) electrons. The monoisotopic (exact) mass is 398 g/mol. The van der Waals surface area contributed by atoms with Crippen molar-refractivity contribution < 1.29 is 4.74 Å². The molecule has 0 unspecified atom stereocenters. The summed E-state index contributed by atoms with van der Waals surface area (Å²) in [5.74, 6) is 1.96. The van der Waals surface area contributed by atoms with Crippen molar-refractivity contribution in [2.75, 3.05) is 30.0 Å². The number of hydrogen-bond donors (Lipinski definition) is 3. The van der Waals surface area contributed by atoms with Crippen LogP contribution in [0.3, 0.4) is 0 Å². The number of hydrogen-bond acceptors (Lipinski definition) is 9. The van der Waals surface area contributed by atoms with Gasteiger partial charge in [-0.15, -0.1) is 11.3 Å². The highest BCUT2D eigenvalue weighted by molar-refractivity contribution is 7.22. The molecule has 7 nitrogen and oxygen atoms in total. The Morgan fingerprint density at radius 3 is 2.89 bits per heavy atom. The van der Waals surface area contributed by atoms with Crippen LogP contribution in [0.5, 0.6) is 5.75 Å². The first-order chi connectivity index (χ1) is 13.2. The van der Waals surface area contributed by atoms with Crippen LogP contribution in [0.25, 0.3) is 10.2 Å². The SMILES string of the molecule is COc1ccc2nc(Nc3ncnc(NCCc4cccs4)c3N)sc2c1. The van der Waals surface area contributed by atoms with E-state index < -0.39 is 0 Å². The lowest BCUT2D eigenvalue weighted by molar-refractivity contribution is 0.415. The number of methoxy groups -OCH3 is 1. The summed E-state index contributed by atoms with van der Waals surface area (Å²) in [7, 11) is 1.65. The molecule has 0 amide bonds. The van der Waals surface area contributed by atoms with Crippen molar-refractivity contribution in [2.24, 2.45) is 0 Å². The Morgan fingerprint density at radius 1 is 1.19 bits per heavy atom. The molecule has 27 heavy (non-hydrogen) atoms. The summed E-state index contributed by atoms with van der Waals surface area (Å²) >= 11 is 3.25. The van der Waals surface area contributed by atoms with Crippen LogP contribution < -0.4 is 21.1 Å². The molecule has 1 aromatic carbocycles. The maximum Gasteiger partial charge on any atom is 0.189 e. The van der Waals surface area contributed by atoms with E-state index in [0.717, 1.165) is 28.9 Å². The van der Waals surface area contributed by atoms with Crippen molar-refractivity contribution in [1.82, 2.24) is 15.0 Å². The Labute approximate surface area is 164 Å². The highest BCUT2D eigenvalue weighted by Crippen LogP contribution is 2.32. The van der Waals surface area contributed by atoms with Gasteiger partial charge in [-0.1, -0.05) is 17.4 Å². The van der Waals surface area contributed by atoms with Gasteiger partial charge in [0, 0.05) is 11.4 Å². The van der Waals surface area contributed by atoms with Crippen molar-refractivity contribution in [1.29, 1.82) is 0 Å². The lowest BCUT2D eigenvalue weighted by Crippen LogP contribution is -2.10. The van der Waals surface area contributed by atoms with Crippen LogP contribution in [0, 0.1) is 0 Å². The van der Waals surface area contributed by atoms with Gasteiger partial charge in [0.05, 0.1) is 17.3 Å².